The molecule has 2 rings (SSSR count). The zero-order chi connectivity index (χ0) is 13.1. The Kier molecular flexibility index (Phi) is 4.15. The summed E-state index contributed by atoms with van der Waals surface area (Å²) in [4.78, 5) is 0. The largest absolute Gasteiger partial charge is 0.377 e. The van der Waals surface area contributed by atoms with E-state index in [4.69, 9.17) is 23.2 Å². The van der Waals surface area contributed by atoms with Crippen molar-refractivity contribution in [3.63, 3.8) is 0 Å². The van der Waals surface area contributed by atoms with Gasteiger partial charge in [0.2, 0.25) is 0 Å². The first kappa shape index (κ1) is 13.3. The Balaban J connectivity index is 2.21. The number of hydrogen-bond donors (Lipinski definition) is 1. The summed E-state index contributed by atoms with van der Waals surface area (Å²) >= 11 is 12.2. The number of aryl methyl sites for hydroxylation is 1. The van der Waals surface area contributed by atoms with Crippen LogP contribution in [-0.4, -0.2) is 0 Å². The summed E-state index contributed by atoms with van der Waals surface area (Å²) in [5, 5.41) is 4.51. The lowest BCUT2D eigenvalue weighted by Gasteiger charge is -2.17. The van der Waals surface area contributed by atoms with Crippen LogP contribution in [0, 0.1) is 6.92 Å². The summed E-state index contributed by atoms with van der Waals surface area (Å²) in [5.74, 6) is 0. The van der Waals surface area contributed by atoms with E-state index in [2.05, 4.69) is 43.4 Å². The number of nitrogens with one attached hydrogen (secondary N) is 1. The van der Waals surface area contributed by atoms with Crippen LogP contribution in [0.15, 0.2) is 42.5 Å². The Morgan fingerprint density at radius 3 is 2.50 bits per heavy atom. The molecule has 0 radical (unpaired) electrons. The zero-order valence-electron chi connectivity index (χ0n) is 10.4. The summed E-state index contributed by atoms with van der Waals surface area (Å²) in [6.45, 7) is 4.19. The van der Waals surface area contributed by atoms with E-state index in [0.29, 0.717) is 10.0 Å². The number of anilines is 1. The Hall–Kier alpha value is -1.18. The first-order valence-electron chi connectivity index (χ1n) is 5.85. The van der Waals surface area contributed by atoms with E-state index >= 15 is 0 Å². The lowest BCUT2D eigenvalue weighted by atomic mass is 10.1. The Labute approximate surface area is 118 Å². The minimum atomic E-state index is 0.181. The maximum atomic E-state index is 6.16. The molecule has 2 aromatic rings. The molecule has 0 aliphatic heterocycles. The molecule has 0 aliphatic rings. The van der Waals surface area contributed by atoms with Crippen molar-refractivity contribution in [2.45, 2.75) is 19.9 Å². The van der Waals surface area contributed by atoms with Crippen molar-refractivity contribution < 1.29 is 0 Å². The molecule has 1 atom stereocenters. The van der Waals surface area contributed by atoms with Crippen LogP contribution >= 0.6 is 23.2 Å². The lowest BCUT2D eigenvalue weighted by molar-refractivity contribution is 0.883. The van der Waals surface area contributed by atoms with Crippen molar-refractivity contribution in [1.82, 2.24) is 0 Å². The lowest BCUT2D eigenvalue weighted by Crippen LogP contribution is -2.07. The van der Waals surface area contributed by atoms with E-state index in [1.54, 1.807) is 6.07 Å². The van der Waals surface area contributed by atoms with Crippen LogP contribution in [0.1, 0.15) is 24.1 Å². The minimum Gasteiger partial charge on any atom is -0.377 e. The average molecular weight is 280 g/mol. The Morgan fingerprint density at radius 1 is 1.06 bits per heavy atom. The van der Waals surface area contributed by atoms with Crippen LogP contribution in [-0.2, 0) is 0 Å². The fourth-order valence-electron chi connectivity index (χ4n) is 1.87. The monoisotopic (exact) mass is 279 g/mol. The minimum absolute atomic E-state index is 0.181. The first-order chi connectivity index (χ1) is 8.58. The maximum Gasteiger partial charge on any atom is 0.0823 e. The van der Waals surface area contributed by atoms with Crippen LogP contribution in [0.2, 0.25) is 10.0 Å². The standard InChI is InChI=1S/C15H15Cl2N/c1-10-5-3-6-12(9-10)11(2)18-14-8-4-7-13(16)15(14)17/h3-9,11,18H,1-2H3. The van der Waals surface area contributed by atoms with Gasteiger partial charge in [0.05, 0.1) is 15.7 Å². The van der Waals surface area contributed by atoms with Crippen molar-refractivity contribution in [3.05, 3.63) is 63.6 Å². The molecule has 0 bridgehead atoms. The van der Waals surface area contributed by atoms with Gasteiger partial charge in [0.1, 0.15) is 0 Å². The molecule has 1 unspecified atom stereocenters. The van der Waals surface area contributed by atoms with Gasteiger partial charge in [-0.3, -0.25) is 0 Å². The number of halogens is 2. The van der Waals surface area contributed by atoms with Gasteiger partial charge >= 0.3 is 0 Å². The Morgan fingerprint density at radius 2 is 1.78 bits per heavy atom. The quantitative estimate of drug-likeness (QED) is 0.785. The molecule has 0 heterocycles. The van der Waals surface area contributed by atoms with Gasteiger partial charge in [0.15, 0.2) is 0 Å². The van der Waals surface area contributed by atoms with Crippen molar-refractivity contribution >= 4 is 28.9 Å². The van der Waals surface area contributed by atoms with Gasteiger partial charge in [-0.1, -0.05) is 59.1 Å². The highest BCUT2D eigenvalue weighted by atomic mass is 35.5. The zero-order valence-corrected chi connectivity index (χ0v) is 11.9. The third-order valence-corrected chi connectivity index (χ3v) is 3.68. The highest BCUT2D eigenvalue weighted by Crippen LogP contribution is 2.32. The van der Waals surface area contributed by atoms with Crippen LogP contribution in [0.5, 0.6) is 0 Å². The van der Waals surface area contributed by atoms with Crippen molar-refractivity contribution in [2.75, 3.05) is 5.32 Å². The molecule has 18 heavy (non-hydrogen) atoms. The normalized spacial score (nSPS) is 12.2. The van der Waals surface area contributed by atoms with Gasteiger partial charge in [0.25, 0.3) is 0 Å². The first-order valence-corrected chi connectivity index (χ1v) is 6.60. The molecule has 0 saturated carbocycles. The molecule has 0 saturated heterocycles. The van der Waals surface area contributed by atoms with Crippen molar-refractivity contribution in [2.24, 2.45) is 0 Å². The third kappa shape index (κ3) is 2.98. The predicted octanol–water partition coefficient (Wildman–Crippen LogP) is 5.47. The third-order valence-electron chi connectivity index (χ3n) is 2.87. The second-order valence-corrected chi connectivity index (χ2v) is 5.17. The van der Waals surface area contributed by atoms with E-state index in [0.717, 1.165) is 5.69 Å². The van der Waals surface area contributed by atoms with Gasteiger partial charge < -0.3 is 5.32 Å². The van der Waals surface area contributed by atoms with Gasteiger partial charge in [-0.15, -0.1) is 0 Å². The molecule has 0 spiro atoms. The van der Waals surface area contributed by atoms with Gasteiger partial charge in [-0.25, -0.2) is 0 Å². The van der Waals surface area contributed by atoms with E-state index in [-0.39, 0.29) is 6.04 Å². The van der Waals surface area contributed by atoms with Crippen molar-refractivity contribution in [3.8, 4) is 0 Å². The molecule has 1 N–H and O–H groups in total. The molecule has 1 nitrogen and oxygen atoms in total. The van der Waals surface area contributed by atoms with E-state index in [9.17, 15) is 0 Å². The second-order valence-electron chi connectivity index (χ2n) is 4.38. The fourth-order valence-corrected chi connectivity index (χ4v) is 2.23. The average Bonchev–Trinajstić information content (AvgIpc) is 2.35. The van der Waals surface area contributed by atoms with Gasteiger partial charge in [0, 0.05) is 6.04 Å². The molecule has 0 amide bonds. The van der Waals surface area contributed by atoms with E-state index in [1.807, 2.05) is 12.1 Å². The summed E-state index contributed by atoms with van der Waals surface area (Å²) in [6, 6.07) is 14.2. The topological polar surface area (TPSA) is 12.0 Å². The summed E-state index contributed by atoms with van der Waals surface area (Å²) in [5.41, 5.74) is 3.34. The number of benzene rings is 2. The fraction of sp³-hybridized carbons (Fsp3) is 0.200. The molecule has 94 valence electrons. The highest BCUT2D eigenvalue weighted by Gasteiger charge is 2.09. The van der Waals surface area contributed by atoms with Crippen molar-refractivity contribution in [1.29, 1.82) is 0 Å². The number of hydrogen-bond acceptors (Lipinski definition) is 1. The van der Waals surface area contributed by atoms with Crippen LogP contribution in [0.25, 0.3) is 0 Å². The van der Waals surface area contributed by atoms with E-state index in [1.165, 1.54) is 11.1 Å². The summed E-state index contributed by atoms with van der Waals surface area (Å²) in [6.07, 6.45) is 0. The van der Waals surface area contributed by atoms with Crippen LogP contribution < -0.4 is 5.32 Å². The second kappa shape index (κ2) is 5.64. The molecule has 2 aromatic carbocycles. The van der Waals surface area contributed by atoms with Gasteiger partial charge in [-0.2, -0.15) is 0 Å². The molecule has 3 heteroatoms. The molecule has 0 aliphatic carbocycles. The predicted molar refractivity (Wildman–Crippen MR) is 79.7 cm³/mol. The van der Waals surface area contributed by atoms with Crippen LogP contribution in [0.4, 0.5) is 5.69 Å². The van der Waals surface area contributed by atoms with E-state index < -0.39 is 0 Å². The number of rotatable bonds is 3. The Bertz CT molecular complexity index is 552. The molecule has 0 fully saturated rings. The molecular weight excluding hydrogens is 265 g/mol. The van der Waals surface area contributed by atoms with Crippen LogP contribution in [0.3, 0.4) is 0 Å². The smallest absolute Gasteiger partial charge is 0.0823 e. The maximum absolute atomic E-state index is 6.16. The molecule has 0 aromatic heterocycles. The molecular formula is C15H15Cl2N. The summed E-state index contributed by atoms with van der Waals surface area (Å²) in [7, 11) is 0. The highest BCUT2D eigenvalue weighted by molar-refractivity contribution is 6.43. The van der Waals surface area contributed by atoms with Gasteiger partial charge in [-0.05, 0) is 31.5 Å². The SMILES string of the molecule is Cc1cccc(C(C)Nc2cccc(Cl)c2Cl)c1. The summed E-state index contributed by atoms with van der Waals surface area (Å²) < 4.78 is 0.